The van der Waals surface area contributed by atoms with Gasteiger partial charge in [0, 0.05) is 26.2 Å². The van der Waals surface area contributed by atoms with Crippen LogP contribution < -0.4 is 4.90 Å². The molecule has 4 rings (SSSR count). The van der Waals surface area contributed by atoms with Crippen LogP contribution in [0.3, 0.4) is 0 Å². The molecule has 2 aromatic heterocycles. The van der Waals surface area contributed by atoms with Gasteiger partial charge in [0.05, 0.1) is 29.5 Å². The second kappa shape index (κ2) is 8.90. The van der Waals surface area contributed by atoms with Crippen molar-refractivity contribution >= 4 is 38.5 Å². The average molecular weight is 430 g/mol. The summed E-state index contributed by atoms with van der Waals surface area (Å²) >= 11 is 1.43. The maximum absolute atomic E-state index is 13.1. The van der Waals surface area contributed by atoms with Crippen LogP contribution in [-0.4, -0.2) is 60.1 Å². The molecule has 3 aromatic rings. The van der Waals surface area contributed by atoms with Crippen LogP contribution in [0.2, 0.25) is 0 Å². The number of anilines is 1. The number of benzene rings is 1. The minimum Gasteiger partial charge on any atom is -0.395 e. The van der Waals surface area contributed by atoms with E-state index in [2.05, 4.69) is 9.88 Å². The molecule has 0 aliphatic carbocycles. The van der Waals surface area contributed by atoms with Crippen LogP contribution in [0.25, 0.3) is 10.2 Å². The van der Waals surface area contributed by atoms with Gasteiger partial charge in [0.2, 0.25) is 0 Å². The number of carbonyl (C=O) groups excluding carboxylic acids is 1. The van der Waals surface area contributed by atoms with Crippen molar-refractivity contribution in [2.45, 2.75) is 13.3 Å². The fourth-order valence-electron chi connectivity index (χ4n) is 3.37. The quantitative estimate of drug-likeness (QED) is 0.418. The summed E-state index contributed by atoms with van der Waals surface area (Å²) in [5, 5.41) is 11.5. The van der Waals surface area contributed by atoms with Crippen LogP contribution in [0.15, 0.2) is 34.7 Å². The fourth-order valence-corrected chi connectivity index (χ4v) is 4.46. The largest absolute Gasteiger partial charge is 0.433 e. The number of morpholine rings is 1. The molecule has 9 nitrogen and oxygen atoms in total. The summed E-state index contributed by atoms with van der Waals surface area (Å²) in [7, 11) is 0. The summed E-state index contributed by atoms with van der Waals surface area (Å²) in [6, 6.07) is 8.48. The first-order chi connectivity index (χ1) is 14.5. The van der Waals surface area contributed by atoms with Gasteiger partial charge >= 0.3 is 5.88 Å². The smallest absolute Gasteiger partial charge is 0.395 e. The SMILES string of the molecule is Cc1ccc2nc(N(CCCN3CCOCC3)C(=O)c3ccc([N+](=O)[O-])o3)sc2c1. The summed E-state index contributed by atoms with van der Waals surface area (Å²) in [4.78, 5) is 31.9. The van der Waals surface area contributed by atoms with E-state index in [1.165, 1.54) is 23.5 Å². The number of furan rings is 1. The molecule has 1 saturated heterocycles. The maximum atomic E-state index is 13.1. The van der Waals surface area contributed by atoms with Crippen molar-refractivity contribution in [3.05, 3.63) is 51.8 Å². The average Bonchev–Trinajstić information content (AvgIpc) is 3.38. The zero-order chi connectivity index (χ0) is 21.1. The summed E-state index contributed by atoms with van der Waals surface area (Å²) in [6.07, 6.45) is 0.740. The van der Waals surface area contributed by atoms with Gasteiger partial charge in [-0.25, -0.2) is 4.98 Å². The zero-order valence-corrected chi connectivity index (χ0v) is 17.4. The third-order valence-corrected chi connectivity index (χ3v) is 5.99. The Morgan fingerprint density at radius 1 is 1.30 bits per heavy atom. The van der Waals surface area contributed by atoms with E-state index in [-0.39, 0.29) is 5.76 Å². The van der Waals surface area contributed by atoms with Crippen LogP contribution in [0.1, 0.15) is 22.5 Å². The van der Waals surface area contributed by atoms with E-state index in [1.54, 1.807) is 4.90 Å². The Morgan fingerprint density at radius 3 is 2.83 bits per heavy atom. The normalized spacial score (nSPS) is 14.8. The lowest BCUT2D eigenvalue weighted by Gasteiger charge is -2.27. The van der Waals surface area contributed by atoms with E-state index in [4.69, 9.17) is 9.15 Å². The number of nitrogens with zero attached hydrogens (tertiary/aromatic N) is 4. The molecule has 10 heteroatoms. The molecule has 0 bridgehead atoms. The van der Waals surface area contributed by atoms with E-state index in [0.717, 1.165) is 55.0 Å². The summed E-state index contributed by atoms with van der Waals surface area (Å²) in [5.41, 5.74) is 1.93. The maximum Gasteiger partial charge on any atom is 0.433 e. The number of thiazole rings is 1. The fraction of sp³-hybridized carbons (Fsp3) is 0.400. The lowest BCUT2D eigenvalue weighted by Crippen LogP contribution is -2.39. The van der Waals surface area contributed by atoms with Gasteiger partial charge in [-0.2, -0.15) is 0 Å². The highest BCUT2D eigenvalue weighted by molar-refractivity contribution is 7.22. The number of fused-ring (bicyclic) bond motifs is 1. The van der Waals surface area contributed by atoms with Crippen molar-refractivity contribution in [3.8, 4) is 0 Å². The van der Waals surface area contributed by atoms with Crippen LogP contribution >= 0.6 is 11.3 Å². The first kappa shape index (κ1) is 20.5. The van der Waals surface area contributed by atoms with Crippen LogP contribution in [0, 0.1) is 17.0 Å². The molecule has 0 N–H and O–H groups in total. The van der Waals surface area contributed by atoms with Crippen molar-refractivity contribution in [2.75, 3.05) is 44.3 Å². The van der Waals surface area contributed by atoms with Gasteiger partial charge in [-0.3, -0.25) is 24.7 Å². The van der Waals surface area contributed by atoms with E-state index in [0.29, 0.717) is 11.7 Å². The Labute approximate surface area is 177 Å². The Hall–Kier alpha value is -2.82. The minimum atomic E-state index is -0.653. The number of carbonyl (C=O) groups is 1. The molecule has 0 saturated carbocycles. The highest BCUT2D eigenvalue weighted by Crippen LogP contribution is 2.31. The summed E-state index contributed by atoms with van der Waals surface area (Å²) in [6.45, 7) is 6.45. The Morgan fingerprint density at radius 2 is 2.10 bits per heavy atom. The monoisotopic (exact) mass is 430 g/mol. The molecule has 0 radical (unpaired) electrons. The number of aromatic nitrogens is 1. The molecule has 0 spiro atoms. The van der Waals surface area contributed by atoms with Gasteiger partial charge in [0.25, 0.3) is 5.91 Å². The molecule has 1 aliphatic heterocycles. The second-order valence-electron chi connectivity index (χ2n) is 7.13. The van der Waals surface area contributed by atoms with Crippen LogP contribution in [0.5, 0.6) is 0 Å². The Kier molecular flexibility index (Phi) is 6.07. The van der Waals surface area contributed by atoms with Crippen molar-refractivity contribution in [3.63, 3.8) is 0 Å². The van der Waals surface area contributed by atoms with E-state index in [9.17, 15) is 14.9 Å². The molecule has 1 amide bonds. The molecule has 1 aromatic carbocycles. The Bertz CT molecular complexity index is 1060. The first-order valence-electron chi connectivity index (χ1n) is 9.74. The predicted molar refractivity (Wildman–Crippen MR) is 113 cm³/mol. The zero-order valence-electron chi connectivity index (χ0n) is 16.6. The second-order valence-corrected chi connectivity index (χ2v) is 8.14. The molecule has 30 heavy (non-hydrogen) atoms. The molecular formula is C20H22N4O5S. The highest BCUT2D eigenvalue weighted by atomic mass is 32.1. The molecule has 158 valence electrons. The van der Waals surface area contributed by atoms with Gasteiger partial charge in [-0.05, 0) is 37.1 Å². The van der Waals surface area contributed by atoms with Gasteiger partial charge in [0.1, 0.15) is 4.92 Å². The lowest BCUT2D eigenvalue weighted by atomic mass is 10.2. The standard InChI is InChI=1S/C20H22N4O5S/c1-14-3-4-15-17(13-14)30-20(21-15)23(8-2-7-22-9-11-28-12-10-22)19(25)16-5-6-18(29-16)24(26)27/h3-6,13H,2,7-12H2,1H3. The number of ether oxygens (including phenoxy) is 1. The molecule has 0 unspecified atom stereocenters. The van der Waals surface area contributed by atoms with Crippen molar-refractivity contribution < 1.29 is 18.9 Å². The van der Waals surface area contributed by atoms with E-state index >= 15 is 0 Å². The first-order valence-corrected chi connectivity index (χ1v) is 10.6. The molecule has 3 heterocycles. The summed E-state index contributed by atoms with van der Waals surface area (Å²) in [5.74, 6) is -0.948. The number of rotatable bonds is 7. The highest BCUT2D eigenvalue weighted by Gasteiger charge is 2.26. The van der Waals surface area contributed by atoms with Gasteiger partial charge < -0.3 is 9.15 Å². The molecule has 0 atom stereocenters. The van der Waals surface area contributed by atoms with Crippen molar-refractivity contribution in [2.24, 2.45) is 0 Å². The van der Waals surface area contributed by atoms with Gasteiger partial charge in [0.15, 0.2) is 10.9 Å². The third kappa shape index (κ3) is 4.50. The lowest BCUT2D eigenvalue weighted by molar-refractivity contribution is -0.402. The van der Waals surface area contributed by atoms with Crippen LogP contribution in [0.4, 0.5) is 11.0 Å². The third-order valence-electron chi connectivity index (χ3n) is 4.95. The predicted octanol–water partition coefficient (Wildman–Crippen LogP) is 3.48. The van der Waals surface area contributed by atoms with Crippen molar-refractivity contribution in [1.29, 1.82) is 0 Å². The van der Waals surface area contributed by atoms with Gasteiger partial charge in [-0.15, -0.1) is 0 Å². The van der Waals surface area contributed by atoms with Crippen LogP contribution in [-0.2, 0) is 4.74 Å². The number of aryl methyl sites for hydroxylation is 1. The van der Waals surface area contributed by atoms with E-state index in [1.807, 2.05) is 25.1 Å². The Balaban J connectivity index is 1.57. The topological polar surface area (TPSA) is 102 Å². The molecule has 1 fully saturated rings. The minimum absolute atomic E-state index is 0.0662. The van der Waals surface area contributed by atoms with Crippen molar-refractivity contribution in [1.82, 2.24) is 9.88 Å². The van der Waals surface area contributed by atoms with Gasteiger partial charge in [-0.1, -0.05) is 17.4 Å². The summed E-state index contributed by atoms with van der Waals surface area (Å²) < 4.78 is 11.5. The number of nitro groups is 1. The number of hydrogen-bond donors (Lipinski definition) is 0. The number of hydrogen-bond acceptors (Lipinski definition) is 8. The molecule has 1 aliphatic rings. The molecular weight excluding hydrogens is 408 g/mol. The number of amides is 1. The van der Waals surface area contributed by atoms with E-state index < -0.39 is 16.7 Å².